The standard InChI is InChI=1S/C15H21FN2O3/c1-4-9(2)13(14(19)20)18-15(21)17-10(3)11-5-7-12(16)8-6-11/h5-10,13H,4H2,1-3H3,(H,19,20)(H2,17,18,21)/t9?,10?,13-/m0/s1. The van der Waals surface area contributed by atoms with E-state index < -0.39 is 18.0 Å². The van der Waals surface area contributed by atoms with Crippen LogP contribution in [0.15, 0.2) is 24.3 Å². The fourth-order valence-electron chi connectivity index (χ4n) is 1.90. The Labute approximate surface area is 123 Å². The van der Waals surface area contributed by atoms with Crippen LogP contribution < -0.4 is 10.6 Å². The Balaban J connectivity index is 2.63. The van der Waals surface area contributed by atoms with Crippen LogP contribution in [0.3, 0.4) is 0 Å². The molecular weight excluding hydrogens is 275 g/mol. The van der Waals surface area contributed by atoms with Crippen LogP contribution >= 0.6 is 0 Å². The summed E-state index contributed by atoms with van der Waals surface area (Å²) in [7, 11) is 0. The van der Waals surface area contributed by atoms with Gasteiger partial charge in [-0.1, -0.05) is 32.4 Å². The Hall–Kier alpha value is -2.11. The summed E-state index contributed by atoms with van der Waals surface area (Å²) in [6.45, 7) is 5.37. The molecule has 6 heteroatoms. The number of benzene rings is 1. The first-order valence-corrected chi connectivity index (χ1v) is 6.90. The Morgan fingerprint density at radius 1 is 1.19 bits per heavy atom. The highest BCUT2D eigenvalue weighted by Gasteiger charge is 2.25. The predicted molar refractivity (Wildman–Crippen MR) is 77.4 cm³/mol. The average molecular weight is 296 g/mol. The highest BCUT2D eigenvalue weighted by molar-refractivity contribution is 5.82. The fraction of sp³-hybridized carbons (Fsp3) is 0.467. The van der Waals surface area contributed by atoms with Gasteiger partial charge in [0.1, 0.15) is 11.9 Å². The van der Waals surface area contributed by atoms with Gasteiger partial charge in [0.2, 0.25) is 0 Å². The molecule has 0 heterocycles. The molecule has 21 heavy (non-hydrogen) atoms. The molecule has 0 saturated carbocycles. The Morgan fingerprint density at radius 3 is 2.24 bits per heavy atom. The van der Waals surface area contributed by atoms with E-state index in [-0.39, 0.29) is 17.8 Å². The van der Waals surface area contributed by atoms with Gasteiger partial charge in [-0.15, -0.1) is 0 Å². The highest BCUT2D eigenvalue weighted by atomic mass is 19.1. The van der Waals surface area contributed by atoms with Crippen molar-refractivity contribution in [3.8, 4) is 0 Å². The van der Waals surface area contributed by atoms with Gasteiger partial charge in [0.05, 0.1) is 6.04 Å². The molecule has 1 rings (SSSR count). The lowest BCUT2D eigenvalue weighted by Gasteiger charge is -2.22. The predicted octanol–water partition coefficient (Wildman–Crippen LogP) is 2.69. The van der Waals surface area contributed by atoms with Gasteiger partial charge >= 0.3 is 12.0 Å². The molecule has 0 aliphatic carbocycles. The van der Waals surface area contributed by atoms with Crippen molar-refractivity contribution in [2.75, 3.05) is 0 Å². The van der Waals surface area contributed by atoms with E-state index in [4.69, 9.17) is 5.11 Å². The number of aliphatic carboxylic acids is 1. The third-order valence-electron chi connectivity index (χ3n) is 3.48. The lowest BCUT2D eigenvalue weighted by molar-refractivity contribution is -0.140. The van der Waals surface area contributed by atoms with Crippen molar-refractivity contribution in [1.29, 1.82) is 0 Å². The molecule has 0 aliphatic rings. The zero-order valence-electron chi connectivity index (χ0n) is 12.4. The van der Waals surface area contributed by atoms with E-state index in [1.807, 2.05) is 6.92 Å². The van der Waals surface area contributed by atoms with Gasteiger partial charge in [-0.25, -0.2) is 14.0 Å². The van der Waals surface area contributed by atoms with Crippen LogP contribution in [0.2, 0.25) is 0 Å². The SMILES string of the molecule is CCC(C)[C@H](NC(=O)NC(C)c1ccc(F)cc1)C(=O)O. The Bertz CT molecular complexity index is 490. The van der Waals surface area contributed by atoms with Crippen LogP contribution in [0.1, 0.15) is 38.8 Å². The minimum atomic E-state index is -1.06. The molecule has 2 unspecified atom stereocenters. The smallest absolute Gasteiger partial charge is 0.326 e. The van der Waals surface area contributed by atoms with Gasteiger partial charge in [0.15, 0.2) is 0 Å². The molecule has 3 N–H and O–H groups in total. The largest absolute Gasteiger partial charge is 0.480 e. The second-order valence-corrected chi connectivity index (χ2v) is 5.09. The molecule has 0 bridgehead atoms. The topological polar surface area (TPSA) is 78.4 Å². The number of carbonyl (C=O) groups excluding carboxylic acids is 1. The van der Waals surface area contributed by atoms with E-state index >= 15 is 0 Å². The molecule has 0 aliphatic heterocycles. The summed E-state index contributed by atoms with van der Waals surface area (Å²) < 4.78 is 12.8. The molecule has 116 valence electrons. The number of rotatable bonds is 6. The van der Waals surface area contributed by atoms with Gasteiger partial charge in [-0.2, -0.15) is 0 Å². The quantitative estimate of drug-likeness (QED) is 0.755. The molecule has 0 radical (unpaired) electrons. The van der Waals surface area contributed by atoms with Crippen LogP contribution in [-0.4, -0.2) is 23.1 Å². The van der Waals surface area contributed by atoms with Gasteiger partial charge < -0.3 is 15.7 Å². The summed E-state index contributed by atoms with van der Waals surface area (Å²) >= 11 is 0. The molecular formula is C15H21FN2O3. The van der Waals surface area contributed by atoms with E-state index in [2.05, 4.69) is 10.6 Å². The van der Waals surface area contributed by atoms with Gasteiger partial charge in [0, 0.05) is 0 Å². The summed E-state index contributed by atoms with van der Waals surface area (Å²) in [5.74, 6) is -1.58. The molecule has 1 aromatic rings. The number of carboxylic acids is 1. The minimum absolute atomic E-state index is 0.172. The molecule has 0 fully saturated rings. The van der Waals surface area contributed by atoms with Crippen LogP contribution in [0.5, 0.6) is 0 Å². The maximum absolute atomic E-state index is 12.8. The number of amides is 2. The number of urea groups is 1. The minimum Gasteiger partial charge on any atom is -0.480 e. The lowest BCUT2D eigenvalue weighted by atomic mass is 9.99. The van der Waals surface area contributed by atoms with Gasteiger partial charge in [-0.3, -0.25) is 0 Å². The van der Waals surface area contributed by atoms with E-state index in [1.165, 1.54) is 12.1 Å². The van der Waals surface area contributed by atoms with Crippen LogP contribution in [-0.2, 0) is 4.79 Å². The van der Waals surface area contributed by atoms with E-state index in [1.54, 1.807) is 26.0 Å². The first-order chi connectivity index (χ1) is 9.85. The van der Waals surface area contributed by atoms with Crippen LogP contribution in [0.4, 0.5) is 9.18 Å². The number of carboxylic acid groups (broad SMARTS) is 1. The molecule has 2 amide bonds. The molecule has 5 nitrogen and oxygen atoms in total. The second-order valence-electron chi connectivity index (χ2n) is 5.09. The first kappa shape index (κ1) is 16.9. The van der Waals surface area contributed by atoms with Crippen LogP contribution in [0, 0.1) is 11.7 Å². The van der Waals surface area contributed by atoms with Crippen LogP contribution in [0.25, 0.3) is 0 Å². The van der Waals surface area contributed by atoms with E-state index in [0.717, 1.165) is 5.56 Å². The summed E-state index contributed by atoms with van der Waals surface area (Å²) in [5.41, 5.74) is 0.738. The number of hydrogen-bond donors (Lipinski definition) is 3. The number of halogens is 1. The van der Waals surface area contributed by atoms with Crippen molar-refractivity contribution in [3.63, 3.8) is 0 Å². The number of carbonyl (C=O) groups is 2. The third-order valence-corrected chi connectivity index (χ3v) is 3.48. The molecule has 3 atom stereocenters. The lowest BCUT2D eigenvalue weighted by Crippen LogP contribution is -2.49. The third kappa shape index (κ3) is 5.06. The van der Waals surface area contributed by atoms with Gasteiger partial charge in [0.25, 0.3) is 0 Å². The van der Waals surface area contributed by atoms with Gasteiger partial charge in [-0.05, 0) is 30.5 Å². The van der Waals surface area contributed by atoms with Crippen molar-refractivity contribution in [1.82, 2.24) is 10.6 Å². The molecule has 0 saturated heterocycles. The van der Waals surface area contributed by atoms with Crippen molar-refractivity contribution in [3.05, 3.63) is 35.6 Å². The monoisotopic (exact) mass is 296 g/mol. The Morgan fingerprint density at radius 2 is 1.76 bits per heavy atom. The highest BCUT2D eigenvalue weighted by Crippen LogP contribution is 2.13. The Kier molecular flexibility index (Phi) is 6.14. The van der Waals surface area contributed by atoms with Crippen molar-refractivity contribution < 1.29 is 19.1 Å². The zero-order chi connectivity index (χ0) is 16.0. The molecule has 1 aromatic carbocycles. The van der Waals surface area contributed by atoms with E-state index in [0.29, 0.717) is 6.42 Å². The summed E-state index contributed by atoms with van der Waals surface area (Å²) in [6.07, 6.45) is 0.644. The van der Waals surface area contributed by atoms with Crippen molar-refractivity contribution in [2.24, 2.45) is 5.92 Å². The summed E-state index contributed by atoms with van der Waals surface area (Å²) in [5, 5.41) is 14.2. The number of hydrogen-bond acceptors (Lipinski definition) is 2. The fourth-order valence-corrected chi connectivity index (χ4v) is 1.90. The second kappa shape index (κ2) is 7.61. The average Bonchev–Trinajstić information content (AvgIpc) is 2.44. The number of nitrogens with one attached hydrogen (secondary N) is 2. The van der Waals surface area contributed by atoms with Crippen molar-refractivity contribution in [2.45, 2.75) is 39.3 Å². The zero-order valence-corrected chi connectivity index (χ0v) is 12.4. The first-order valence-electron chi connectivity index (χ1n) is 6.90. The van der Waals surface area contributed by atoms with Crippen molar-refractivity contribution >= 4 is 12.0 Å². The van der Waals surface area contributed by atoms with E-state index in [9.17, 15) is 14.0 Å². The summed E-state index contributed by atoms with van der Waals surface area (Å²) in [6, 6.07) is 3.93. The molecule has 0 spiro atoms. The molecule has 0 aromatic heterocycles. The normalized spacial score (nSPS) is 14.9. The summed E-state index contributed by atoms with van der Waals surface area (Å²) in [4.78, 5) is 23.0. The maximum Gasteiger partial charge on any atom is 0.326 e. The maximum atomic E-state index is 12.8.